The zero-order chi connectivity index (χ0) is 11.7. The first-order valence-electron chi connectivity index (χ1n) is 4.21. The maximum absolute atomic E-state index is 12.3. The highest BCUT2D eigenvalue weighted by atomic mass is 32.2. The van der Waals surface area contributed by atoms with Crippen LogP contribution in [0.15, 0.2) is 38.4 Å². The molecular formula is C10H5FO4S. The Morgan fingerprint density at radius 3 is 2.75 bits per heavy atom. The van der Waals surface area contributed by atoms with Crippen molar-refractivity contribution in [1.82, 2.24) is 0 Å². The molecule has 1 aromatic heterocycles. The molecule has 0 spiro atoms. The van der Waals surface area contributed by atoms with E-state index in [4.69, 9.17) is 9.52 Å². The topological polar surface area (TPSA) is 67.5 Å². The Bertz CT molecular complexity index is 620. The van der Waals surface area contributed by atoms with Crippen LogP contribution in [0.1, 0.15) is 10.4 Å². The second kappa shape index (κ2) is 3.97. The van der Waals surface area contributed by atoms with E-state index in [2.05, 4.69) is 0 Å². The Kier molecular flexibility index (Phi) is 2.66. The summed E-state index contributed by atoms with van der Waals surface area (Å²) in [7, 11) is 0. The molecule has 0 radical (unpaired) electrons. The summed E-state index contributed by atoms with van der Waals surface area (Å²) in [5.41, 5.74) is -1.15. The van der Waals surface area contributed by atoms with Gasteiger partial charge in [-0.15, -0.1) is 0 Å². The van der Waals surface area contributed by atoms with Crippen molar-refractivity contribution in [3.05, 3.63) is 40.2 Å². The molecule has 0 aliphatic carbocycles. The van der Waals surface area contributed by atoms with Crippen molar-refractivity contribution >= 4 is 29.1 Å². The van der Waals surface area contributed by atoms with Crippen LogP contribution in [0, 0.1) is 0 Å². The monoisotopic (exact) mass is 240 g/mol. The minimum Gasteiger partial charge on any atom is -0.477 e. The van der Waals surface area contributed by atoms with Gasteiger partial charge >= 0.3 is 11.6 Å². The fourth-order valence-electron chi connectivity index (χ4n) is 1.30. The summed E-state index contributed by atoms with van der Waals surface area (Å²) in [6.45, 7) is 0. The SMILES string of the molecule is O=C(O)c1cc2cc(SF)ccc2oc1=O. The Morgan fingerprint density at radius 2 is 2.12 bits per heavy atom. The van der Waals surface area contributed by atoms with Crippen LogP contribution < -0.4 is 5.63 Å². The first-order valence-corrected chi connectivity index (χ1v) is 4.93. The molecule has 0 saturated carbocycles. The van der Waals surface area contributed by atoms with Crippen molar-refractivity contribution in [3.63, 3.8) is 0 Å². The molecule has 0 saturated heterocycles. The zero-order valence-electron chi connectivity index (χ0n) is 7.77. The maximum Gasteiger partial charge on any atom is 0.351 e. The van der Waals surface area contributed by atoms with Crippen molar-refractivity contribution in [2.75, 3.05) is 0 Å². The highest BCUT2D eigenvalue weighted by molar-refractivity contribution is 7.94. The van der Waals surface area contributed by atoms with Gasteiger partial charge in [0.05, 0.1) is 12.1 Å². The predicted octanol–water partition coefficient (Wildman–Crippen LogP) is 2.47. The van der Waals surface area contributed by atoms with Gasteiger partial charge in [0.2, 0.25) is 0 Å². The summed E-state index contributed by atoms with van der Waals surface area (Å²) in [5.74, 6) is -1.37. The predicted molar refractivity (Wildman–Crippen MR) is 56.4 cm³/mol. The Morgan fingerprint density at radius 1 is 1.38 bits per heavy atom. The molecule has 1 heterocycles. The van der Waals surface area contributed by atoms with Crippen LogP contribution >= 0.6 is 12.1 Å². The molecule has 2 rings (SSSR count). The third-order valence-electron chi connectivity index (χ3n) is 2.02. The van der Waals surface area contributed by atoms with E-state index in [0.717, 1.165) is 0 Å². The molecule has 0 aliphatic heterocycles. The molecule has 1 N–H and O–H groups in total. The second-order valence-electron chi connectivity index (χ2n) is 3.03. The smallest absolute Gasteiger partial charge is 0.351 e. The number of hydrogen-bond acceptors (Lipinski definition) is 4. The van der Waals surface area contributed by atoms with Crippen LogP contribution in [0.5, 0.6) is 0 Å². The van der Waals surface area contributed by atoms with Crippen molar-refractivity contribution in [1.29, 1.82) is 0 Å². The molecule has 0 aliphatic rings. The Hall–Kier alpha value is -1.82. The van der Waals surface area contributed by atoms with E-state index in [1.807, 2.05) is 0 Å². The average Bonchev–Trinajstić information content (AvgIpc) is 2.27. The molecule has 0 amide bonds. The van der Waals surface area contributed by atoms with Crippen LogP contribution in [0.4, 0.5) is 3.89 Å². The first-order chi connectivity index (χ1) is 7.61. The minimum atomic E-state index is -1.37. The van der Waals surface area contributed by atoms with Crippen molar-refractivity contribution in [2.45, 2.75) is 4.90 Å². The number of carboxylic acids is 1. The highest BCUT2D eigenvalue weighted by Gasteiger charge is 2.12. The summed E-state index contributed by atoms with van der Waals surface area (Å²) in [4.78, 5) is 22.2. The normalized spacial score (nSPS) is 10.6. The highest BCUT2D eigenvalue weighted by Crippen LogP contribution is 2.23. The molecule has 82 valence electrons. The van der Waals surface area contributed by atoms with Gasteiger partial charge in [0.25, 0.3) is 0 Å². The second-order valence-corrected chi connectivity index (χ2v) is 3.66. The third kappa shape index (κ3) is 1.79. The maximum atomic E-state index is 12.3. The molecular weight excluding hydrogens is 235 g/mol. The van der Waals surface area contributed by atoms with E-state index in [1.165, 1.54) is 24.3 Å². The van der Waals surface area contributed by atoms with E-state index >= 15 is 0 Å². The zero-order valence-corrected chi connectivity index (χ0v) is 8.58. The van der Waals surface area contributed by atoms with Crippen LogP contribution in [0.2, 0.25) is 0 Å². The fraction of sp³-hybridized carbons (Fsp3) is 0. The van der Waals surface area contributed by atoms with Gasteiger partial charge in [-0.05, 0) is 24.3 Å². The average molecular weight is 240 g/mol. The Balaban J connectivity index is 2.75. The van der Waals surface area contributed by atoms with Gasteiger partial charge in [-0.25, -0.2) is 9.59 Å². The number of fused-ring (bicyclic) bond motifs is 1. The lowest BCUT2D eigenvalue weighted by molar-refractivity contribution is 0.0692. The lowest BCUT2D eigenvalue weighted by atomic mass is 10.2. The number of benzene rings is 1. The summed E-state index contributed by atoms with van der Waals surface area (Å²) < 4.78 is 17.1. The molecule has 4 nitrogen and oxygen atoms in total. The van der Waals surface area contributed by atoms with E-state index in [0.29, 0.717) is 10.3 Å². The number of aromatic carboxylic acids is 1. The molecule has 0 unspecified atom stereocenters. The number of carboxylic acid groups (broad SMARTS) is 1. The number of rotatable bonds is 2. The molecule has 0 atom stereocenters. The van der Waals surface area contributed by atoms with E-state index in [1.54, 1.807) is 0 Å². The standard InChI is InChI=1S/C10H5FO4S/c11-16-6-1-2-8-5(3-6)4-7(9(12)13)10(14)15-8/h1-4H,(H,12,13). The van der Waals surface area contributed by atoms with Gasteiger partial charge in [0, 0.05) is 10.3 Å². The number of carbonyl (C=O) groups is 1. The van der Waals surface area contributed by atoms with Gasteiger partial charge in [0.1, 0.15) is 11.1 Å². The largest absolute Gasteiger partial charge is 0.477 e. The molecule has 0 bridgehead atoms. The summed E-state index contributed by atoms with van der Waals surface area (Å²) >= 11 is 0.0349. The Labute approximate surface area is 93.0 Å². The lowest BCUT2D eigenvalue weighted by Gasteiger charge is -1.99. The minimum absolute atomic E-state index is 0.0349. The van der Waals surface area contributed by atoms with Crippen LogP contribution in [0.25, 0.3) is 11.0 Å². The van der Waals surface area contributed by atoms with Gasteiger partial charge < -0.3 is 9.52 Å². The third-order valence-corrected chi connectivity index (χ3v) is 2.46. The van der Waals surface area contributed by atoms with Crippen molar-refractivity contribution in [2.24, 2.45) is 0 Å². The van der Waals surface area contributed by atoms with Crippen molar-refractivity contribution < 1.29 is 18.2 Å². The summed E-state index contributed by atoms with van der Waals surface area (Å²) in [6.07, 6.45) is 0. The molecule has 1 aromatic carbocycles. The fourth-order valence-corrected chi connectivity index (χ4v) is 1.59. The summed E-state index contributed by atoms with van der Waals surface area (Å²) in [5, 5.41) is 9.09. The quantitative estimate of drug-likeness (QED) is 0.816. The van der Waals surface area contributed by atoms with Gasteiger partial charge in [0.15, 0.2) is 0 Å². The van der Waals surface area contributed by atoms with Gasteiger partial charge in [-0.3, -0.25) is 0 Å². The molecule has 6 heteroatoms. The number of halogens is 1. The van der Waals surface area contributed by atoms with Gasteiger partial charge in [-0.1, -0.05) is 0 Å². The summed E-state index contributed by atoms with van der Waals surface area (Å²) in [6, 6.07) is 5.44. The first kappa shape index (κ1) is 10.7. The van der Waals surface area contributed by atoms with Gasteiger partial charge in [-0.2, -0.15) is 3.89 Å². The molecule has 2 aromatic rings. The van der Waals surface area contributed by atoms with E-state index in [-0.39, 0.29) is 17.7 Å². The molecule has 0 fully saturated rings. The lowest BCUT2D eigenvalue weighted by Crippen LogP contribution is -2.12. The van der Waals surface area contributed by atoms with Crippen molar-refractivity contribution in [3.8, 4) is 0 Å². The van der Waals surface area contributed by atoms with E-state index < -0.39 is 17.2 Å². The van der Waals surface area contributed by atoms with Crippen LogP contribution in [0.3, 0.4) is 0 Å². The number of hydrogen-bond donors (Lipinski definition) is 1. The molecule has 16 heavy (non-hydrogen) atoms. The van der Waals surface area contributed by atoms with Crippen LogP contribution in [-0.4, -0.2) is 11.1 Å². The van der Waals surface area contributed by atoms with E-state index in [9.17, 15) is 13.5 Å². The van der Waals surface area contributed by atoms with Crippen LogP contribution in [-0.2, 0) is 0 Å².